The van der Waals surface area contributed by atoms with Crippen LogP contribution in [0.1, 0.15) is 0 Å². The van der Waals surface area contributed by atoms with E-state index in [0.29, 0.717) is 0 Å². The Hall–Kier alpha value is -0.240. The summed E-state index contributed by atoms with van der Waals surface area (Å²) in [7, 11) is 0. The number of hydrogen-bond donors (Lipinski definition) is 6. The average Bonchev–Trinajstić information content (AvgIpc) is 2.17. The molecule has 4 unspecified atom stereocenters. The van der Waals surface area contributed by atoms with Crippen LogP contribution in [0, 0.1) is 0 Å². The highest BCUT2D eigenvalue weighted by Crippen LogP contribution is 2.20. The molecule has 1 fully saturated rings. The van der Waals surface area contributed by atoms with Crippen molar-refractivity contribution in [2.24, 2.45) is 0 Å². The molecule has 0 aromatic heterocycles. The summed E-state index contributed by atoms with van der Waals surface area (Å²) in [5.41, 5.74) is -2.00. The standard InChI is InChI=1S/C5H11NO5/c7-1-5(11)3(9)2(8)4(10)6-5/h2-4,6-11H,1H2. The Balaban J connectivity index is 2.73. The Kier molecular flexibility index (Phi) is 2.15. The molecule has 0 aliphatic carbocycles. The third kappa shape index (κ3) is 1.24. The lowest BCUT2D eigenvalue weighted by Crippen LogP contribution is -2.52. The molecule has 0 bridgehead atoms. The molecule has 6 nitrogen and oxygen atoms in total. The minimum absolute atomic E-state index is 0.776. The minimum atomic E-state index is -2.00. The Morgan fingerprint density at radius 2 is 1.82 bits per heavy atom. The van der Waals surface area contributed by atoms with E-state index in [-0.39, 0.29) is 0 Å². The van der Waals surface area contributed by atoms with Crippen LogP contribution < -0.4 is 5.32 Å². The van der Waals surface area contributed by atoms with E-state index in [0.717, 1.165) is 0 Å². The zero-order chi connectivity index (χ0) is 8.65. The van der Waals surface area contributed by atoms with E-state index < -0.39 is 30.8 Å². The second-order valence-electron chi connectivity index (χ2n) is 2.61. The molecule has 4 atom stereocenters. The Morgan fingerprint density at radius 1 is 1.27 bits per heavy atom. The number of nitrogens with one attached hydrogen (secondary N) is 1. The quantitative estimate of drug-likeness (QED) is 0.238. The molecule has 1 heterocycles. The molecule has 1 saturated heterocycles. The van der Waals surface area contributed by atoms with Crippen LogP contribution >= 0.6 is 0 Å². The zero-order valence-corrected chi connectivity index (χ0v) is 5.68. The fourth-order valence-electron chi connectivity index (χ4n) is 1.02. The first kappa shape index (κ1) is 8.85. The first-order valence-corrected chi connectivity index (χ1v) is 3.16. The molecule has 0 amide bonds. The fourth-order valence-corrected chi connectivity index (χ4v) is 1.02. The summed E-state index contributed by atoms with van der Waals surface area (Å²) in [5, 5.41) is 46.5. The topological polar surface area (TPSA) is 113 Å². The maximum atomic E-state index is 9.18. The lowest BCUT2D eigenvalue weighted by molar-refractivity contribution is -0.121. The van der Waals surface area contributed by atoms with E-state index >= 15 is 0 Å². The average molecular weight is 165 g/mol. The second-order valence-corrected chi connectivity index (χ2v) is 2.61. The largest absolute Gasteiger partial charge is 0.392 e. The van der Waals surface area contributed by atoms with Gasteiger partial charge < -0.3 is 25.5 Å². The Labute approximate surface area is 62.7 Å². The van der Waals surface area contributed by atoms with Crippen LogP contribution in [0.2, 0.25) is 0 Å². The Bertz CT molecular complexity index is 154. The number of aliphatic hydroxyl groups is 5. The number of rotatable bonds is 1. The normalized spacial score (nSPS) is 51.5. The lowest BCUT2D eigenvalue weighted by Gasteiger charge is -2.23. The molecule has 66 valence electrons. The molecular formula is C5H11NO5. The van der Waals surface area contributed by atoms with Gasteiger partial charge in [0.2, 0.25) is 0 Å². The fraction of sp³-hybridized carbons (Fsp3) is 1.00. The first-order valence-electron chi connectivity index (χ1n) is 3.16. The van der Waals surface area contributed by atoms with Crippen LogP contribution in [-0.4, -0.2) is 56.3 Å². The van der Waals surface area contributed by atoms with Gasteiger partial charge >= 0.3 is 0 Å². The number of hydrogen-bond acceptors (Lipinski definition) is 6. The molecule has 11 heavy (non-hydrogen) atoms. The number of aliphatic hydroxyl groups excluding tert-OH is 4. The highest BCUT2D eigenvalue weighted by molar-refractivity contribution is 4.98. The third-order valence-electron chi connectivity index (χ3n) is 1.78. The summed E-state index contributed by atoms with van der Waals surface area (Å²) in [4.78, 5) is 0. The van der Waals surface area contributed by atoms with Gasteiger partial charge in [-0.25, -0.2) is 0 Å². The highest BCUT2D eigenvalue weighted by Gasteiger charge is 2.50. The first-order chi connectivity index (χ1) is 5.01. The molecule has 0 aromatic rings. The maximum absolute atomic E-state index is 9.18. The van der Waals surface area contributed by atoms with E-state index in [2.05, 4.69) is 0 Å². The van der Waals surface area contributed by atoms with Crippen molar-refractivity contribution in [2.45, 2.75) is 24.2 Å². The van der Waals surface area contributed by atoms with Crippen molar-refractivity contribution in [3.63, 3.8) is 0 Å². The van der Waals surface area contributed by atoms with Gasteiger partial charge in [0.05, 0.1) is 6.61 Å². The van der Waals surface area contributed by atoms with Gasteiger partial charge in [0.25, 0.3) is 0 Å². The van der Waals surface area contributed by atoms with Crippen molar-refractivity contribution in [1.29, 1.82) is 0 Å². The molecule has 0 saturated carbocycles. The zero-order valence-electron chi connectivity index (χ0n) is 5.68. The van der Waals surface area contributed by atoms with Gasteiger partial charge in [0.15, 0.2) is 5.72 Å². The second kappa shape index (κ2) is 2.67. The van der Waals surface area contributed by atoms with E-state index in [9.17, 15) is 5.11 Å². The van der Waals surface area contributed by atoms with Gasteiger partial charge in [0.1, 0.15) is 18.4 Å². The summed E-state index contributed by atoms with van der Waals surface area (Å²) < 4.78 is 0. The van der Waals surface area contributed by atoms with Crippen molar-refractivity contribution >= 4 is 0 Å². The molecule has 6 N–H and O–H groups in total. The van der Waals surface area contributed by atoms with Crippen molar-refractivity contribution < 1.29 is 25.5 Å². The molecule has 0 radical (unpaired) electrons. The highest BCUT2D eigenvalue weighted by atomic mass is 16.4. The van der Waals surface area contributed by atoms with Gasteiger partial charge in [-0.1, -0.05) is 0 Å². The molecule has 0 spiro atoms. The van der Waals surface area contributed by atoms with Crippen LogP contribution in [0.25, 0.3) is 0 Å². The Morgan fingerprint density at radius 3 is 2.00 bits per heavy atom. The smallest absolute Gasteiger partial charge is 0.170 e. The van der Waals surface area contributed by atoms with Gasteiger partial charge in [-0.3, -0.25) is 5.32 Å². The minimum Gasteiger partial charge on any atom is -0.392 e. The summed E-state index contributed by atoms with van der Waals surface area (Å²) in [5.74, 6) is 0. The van der Waals surface area contributed by atoms with Crippen molar-refractivity contribution in [3.05, 3.63) is 0 Å². The molecule has 0 aromatic carbocycles. The van der Waals surface area contributed by atoms with E-state index in [4.69, 9.17) is 20.4 Å². The maximum Gasteiger partial charge on any atom is 0.170 e. The van der Waals surface area contributed by atoms with Gasteiger partial charge in [-0.15, -0.1) is 0 Å². The third-order valence-corrected chi connectivity index (χ3v) is 1.78. The van der Waals surface area contributed by atoms with E-state index in [1.165, 1.54) is 0 Å². The molecule has 1 rings (SSSR count). The molecule has 1 aliphatic heterocycles. The summed E-state index contributed by atoms with van der Waals surface area (Å²) >= 11 is 0. The van der Waals surface area contributed by atoms with Crippen LogP contribution in [-0.2, 0) is 0 Å². The predicted octanol–water partition coefficient (Wildman–Crippen LogP) is -3.69. The monoisotopic (exact) mass is 165 g/mol. The predicted molar refractivity (Wildman–Crippen MR) is 33.2 cm³/mol. The SMILES string of the molecule is OCC1(O)NC(O)C(O)C1O. The van der Waals surface area contributed by atoms with Gasteiger partial charge in [-0.05, 0) is 0 Å². The summed E-state index contributed by atoms with van der Waals surface area (Å²) in [6.07, 6.45) is -4.48. The lowest BCUT2D eigenvalue weighted by atomic mass is 10.1. The summed E-state index contributed by atoms with van der Waals surface area (Å²) in [6.45, 7) is -0.776. The van der Waals surface area contributed by atoms with Crippen LogP contribution in [0.15, 0.2) is 0 Å². The van der Waals surface area contributed by atoms with E-state index in [1.807, 2.05) is 5.32 Å². The summed E-state index contributed by atoms with van der Waals surface area (Å²) in [6, 6.07) is 0. The van der Waals surface area contributed by atoms with E-state index in [1.54, 1.807) is 0 Å². The van der Waals surface area contributed by atoms with Crippen molar-refractivity contribution in [3.8, 4) is 0 Å². The van der Waals surface area contributed by atoms with Crippen molar-refractivity contribution in [1.82, 2.24) is 5.32 Å². The van der Waals surface area contributed by atoms with Crippen LogP contribution in [0.4, 0.5) is 0 Å². The van der Waals surface area contributed by atoms with Crippen LogP contribution in [0.5, 0.6) is 0 Å². The van der Waals surface area contributed by atoms with Gasteiger partial charge in [-0.2, -0.15) is 0 Å². The van der Waals surface area contributed by atoms with Crippen LogP contribution in [0.3, 0.4) is 0 Å². The molecular weight excluding hydrogens is 154 g/mol. The molecule has 6 heteroatoms. The van der Waals surface area contributed by atoms with Crippen molar-refractivity contribution in [2.75, 3.05) is 6.61 Å². The molecule has 1 aliphatic rings. The van der Waals surface area contributed by atoms with Gasteiger partial charge in [0, 0.05) is 0 Å².